The van der Waals surface area contributed by atoms with E-state index in [1.54, 1.807) is 4.90 Å². The Balaban J connectivity index is 1.89. The van der Waals surface area contributed by atoms with Crippen LogP contribution in [0.2, 0.25) is 0 Å². The number of rotatable bonds is 1. The highest BCUT2D eigenvalue weighted by molar-refractivity contribution is 5.97. The van der Waals surface area contributed by atoms with E-state index in [0.717, 1.165) is 25.7 Å². The smallest absolute Gasteiger partial charge is 0.261 e. The van der Waals surface area contributed by atoms with Gasteiger partial charge in [0, 0.05) is 6.54 Å². The monoisotopic (exact) mass is 279 g/mol. The van der Waals surface area contributed by atoms with Crippen LogP contribution in [0.1, 0.15) is 36.0 Å². The van der Waals surface area contributed by atoms with Gasteiger partial charge in [0.15, 0.2) is 0 Å². The highest BCUT2D eigenvalue weighted by atomic mass is 19.1. The molecule has 1 saturated heterocycles. The van der Waals surface area contributed by atoms with E-state index in [-0.39, 0.29) is 23.5 Å². The maximum absolute atomic E-state index is 13.8. The number of carbonyl (C=O) groups excluding carboxylic acids is 1. The largest absolute Gasteiger partial charge is 0.507 e. The number of hydrogen-bond donors (Lipinski definition) is 1. The number of nitrogens with zero attached hydrogens (tertiary/aromatic N) is 1. The molecule has 0 spiro atoms. The van der Waals surface area contributed by atoms with Gasteiger partial charge in [-0.15, -0.1) is 0 Å². The van der Waals surface area contributed by atoms with Crippen LogP contribution in [0.15, 0.2) is 18.2 Å². The molecule has 2 aliphatic rings. The van der Waals surface area contributed by atoms with Crippen molar-refractivity contribution >= 4 is 5.91 Å². The normalized spacial score (nSPS) is 26.1. The SMILES string of the molecule is O=C(c1c(O)cccc1F)N1CCOC2CCCCC21. The zero-order valence-corrected chi connectivity index (χ0v) is 11.2. The molecule has 1 aromatic rings. The molecule has 2 fully saturated rings. The Kier molecular flexibility index (Phi) is 3.61. The molecule has 1 N–H and O–H groups in total. The van der Waals surface area contributed by atoms with Crippen LogP contribution in [0.25, 0.3) is 0 Å². The summed E-state index contributed by atoms with van der Waals surface area (Å²) in [6.45, 7) is 0.926. The van der Waals surface area contributed by atoms with Crippen LogP contribution in [-0.2, 0) is 4.74 Å². The van der Waals surface area contributed by atoms with Gasteiger partial charge in [-0.1, -0.05) is 18.9 Å². The number of morpholine rings is 1. The van der Waals surface area contributed by atoms with E-state index in [1.165, 1.54) is 18.2 Å². The number of halogens is 1. The van der Waals surface area contributed by atoms with Gasteiger partial charge in [0.25, 0.3) is 5.91 Å². The lowest BCUT2D eigenvalue weighted by molar-refractivity contribution is -0.0754. The summed E-state index contributed by atoms with van der Waals surface area (Å²) in [5.74, 6) is -1.40. The number of fused-ring (bicyclic) bond motifs is 1. The van der Waals surface area contributed by atoms with Crippen LogP contribution in [0, 0.1) is 5.82 Å². The van der Waals surface area contributed by atoms with Crippen molar-refractivity contribution in [1.29, 1.82) is 0 Å². The van der Waals surface area contributed by atoms with Crippen molar-refractivity contribution in [2.75, 3.05) is 13.2 Å². The van der Waals surface area contributed by atoms with Gasteiger partial charge in [-0.25, -0.2) is 4.39 Å². The first-order chi connectivity index (χ1) is 9.68. The molecule has 1 aliphatic heterocycles. The zero-order valence-electron chi connectivity index (χ0n) is 11.2. The summed E-state index contributed by atoms with van der Waals surface area (Å²) in [4.78, 5) is 14.2. The summed E-state index contributed by atoms with van der Waals surface area (Å²) >= 11 is 0. The second-order valence-electron chi connectivity index (χ2n) is 5.39. The first kappa shape index (κ1) is 13.4. The Morgan fingerprint density at radius 1 is 1.35 bits per heavy atom. The molecule has 0 bridgehead atoms. The summed E-state index contributed by atoms with van der Waals surface area (Å²) in [6.07, 6.45) is 4.03. The van der Waals surface area contributed by atoms with Crippen LogP contribution in [0.4, 0.5) is 4.39 Å². The molecule has 20 heavy (non-hydrogen) atoms. The number of carbonyl (C=O) groups is 1. The Hall–Kier alpha value is -1.62. The van der Waals surface area contributed by atoms with E-state index in [4.69, 9.17) is 4.74 Å². The van der Waals surface area contributed by atoms with E-state index in [2.05, 4.69) is 0 Å². The highest BCUT2D eigenvalue weighted by Crippen LogP contribution is 2.31. The first-order valence-corrected chi connectivity index (χ1v) is 7.08. The number of phenols is 1. The third-order valence-electron chi connectivity index (χ3n) is 4.20. The lowest BCUT2D eigenvalue weighted by Gasteiger charge is -2.43. The van der Waals surface area contributed by atoms with E-state index in [0.29, 0.717) is 13.2 Å². The van der Waals surface area contributed by atoms with Gasteiger partial charge in [0.05, 0.1) is 18.8 Å². The molecule has 1 aliphatic carbocycles. The Bertz CT molecular complexity index is 498. The van der Waals surface area contributed by atoms with Crippen molar-refractivity contribution < 1.29 is 19.0 Å². The van der Waals surface area contributed by atoms with Gasteiger partial charge >= 0.3 is 0 Å². The van der Waals surface area contributed by atoms with E-state index in [1.807, 2.05) is 0 Å². The molecule has 1 amide bonds. The molecule has 2 unspecified atom stereocenters. The fourth-order valence-electron chi connectivity index (χ4n) is 3.22. The molecule has 1 aromatic carbocycles. The van der Waals surface area contributed by atoms with Crippen molar-refractivity contribution in [3.63, 3.8) is 0 Å². The molecular formula is C15H18FNO3. The van der Waals surface area contributed by atoms with Crippen molar-refractivity contribution in [3.8, 4) is 5.75 Å². The van der Waals surface area contributed by atoms with Gasteiger partial charge in [-0.3, -0.25) is 4.79 Å². The third-order valence-corrected chi connectivity index (χ3v) is 4.20. The van der Waals surface area contributed by atoms with Gasteiger partial charge in [0.1, 0.15) is 17.1 Å². The molecule has 2 atom stereocenters. The molecule has 3 rings (SSSR count). The summed E-state index contributed by atoms with van der Waals surface area (Å²) in [7, 11) is 0. The lowest BCUT2D eigenvalue weighted by atomic mass is 9.89. The van der Waals surface area contributed by atoms with Crippen molar-refractivity contribution in [3.05, 3.63) is 29.6 Å². The summed E-state index contributed by atoms with van der Waals surface area (Å²) in [5.41, 5.74) is -0.223. The van der Waals surface area contributed by atoms with Gasteiger partial charge in [-0.05, 0) is 25.0 Å². The highest BCUT2D eigenvalue weighted by Gasteiger charge is 2.38. The minimum absolute atomic E-state index is 0.00371. The number of benzene rings is 1. The van der Waals surface area contributed by atoms with Crippen molar-refractivity contribution in [1.82, 2.24) is 4.90 Å². The van der Waals surface area contributed by atoms with Crippen LogP contribution in [-0.4, -0.2) is 41.2 Å². The Morgan fingerprint density at radius 3 is 2.95 bits per heavy atom. The average molecular weight is 279 g/mol. The van der Waals surface area contributed by atoms with Crippen molar-refractivity contribution in [2.24, 2.45) is 0 Å². The molecule has 4 nitrogen and oxygen atoms in total. The lowest BCUT2D eigenvalue weighted by Crippen LogP contribution is -2.55. The fourth-order valence-corrected chi connectivity index (χ4v) is 3.22. The Labute approximate surface area is 117 Å². The minimum Gasteiger partial charge on any atom is -0.507 e. The summed E-state index contributed by atoms with van der Waals surface area (Å²) in [5, 5.41) is 9.77. The molecular weight excluding hydrogens is 261 g/mol. The number of hydrogen-bond acceptors (Lipinski definition) is 3. The second kappa shape index (κ2) is 5.40. The standard InChI is InChI=1S/C15H18FNO3/c16-10-4-3-6-12(18)14(10)15(19)17-8-9-20-13-7-2-1-5-11(13)17/h3-4,6,11,13,18H,1-2,5,7-9H2. The third kappa shape index (κ3) is 2.26. The van der Waals surface area contributed by atoms with Crippen LogP contribution >= 0.6 is 0 Å². The number of amides is 1. The maximum Gasteiger partial charge on any atom is 0.261 e. The predicted molar refractivity (Wildman–Crippen MR) is 71.1 cm³/mol. The molecule has 0 radical (unpaired) electrons. The number of phenolic OH excluding ortho intramolecular Hbond substituents is 1. The molecule has 0 aromatic heterocycles. The number of aromatic hydroxyl groups is 1. The Morgan fingerprint density at radius 2 is 2.15 bits per heavy atom. The average Bonchev–Trinajstić information content (AvgIpc) is 2.46. The molecule has 1 saturated carbocycles. The van der Waals surface area contributed by atoms with Gasteiger partial charge < -0.3 is 14.7 Å². The molecule has 5 heteroatoms. The summed E-state index contributed by atoms with van der Waals surface area (Å²) in [6, 6.07) is 3.94. The first-order valence-electron chi connectivity index (χ1n) is 7.08. The van der Waals surface area contributed by atoms with Crippen molar-refractivity contribution in [2.45, 2.75) is 37.8 Å². The quantitative estimate of drug-likeness (QED) is 0.858. The molecule has 1 heterocycles. The van der Waals surface area contributed by atoms with Crippen LogP contribution < -0.4 is 0 Å². The number of ether oxygens (including phenoxy) is 1. The van der Waals surface area contributed by atoms with E-state index < -0.39 is 11.7 Å². The van der Waals surface area contributed by atoms with Crippen LogP contribution in [0.5, 0.6) is 5.75 Å². The summed E-state index contributed by atoms with van der Waals surface area (Å²) < 4.78 is 19.5. The second-order valence-corrected chi connectivity index (χ2v) is 5.39. The van der Waals surface area contributed by atoms with Gasteiger partial charge in [-0.2, -0.15) is 0 Å². The van der Waals surface area contributed by atoms with E-state index >= 15 is 0 Å². The van der Waals surface area contributed by atoms with Crippen LogP contribution in [0.3, 0.4) is 0 Å². The topological polar surface area (TPSA) is 49.8 Å². The molecule has 108 valence electrons. The maximum atomic E-state index is 13.8. The fraction of sp³-hybridized carbons (Fsp3) is 0.533. The predicted octanol–water partition coefficient (Wildman–Crippen LogP) is 2.31. The zero-order chi connectivity index (χ0) is 14.1. The van der Waals surface area contributed by atoms with E-state index in [9.17, 15) is 14.3 Å². The minimum atomic E-state index is -0.672. The van der Waals surface area contributed by atoms with Gasteiger partial charge in [0.2, 0.25) is 0 Å².